The second kappa shape index (κ2) is 9.69. The molecule has 1 saturated heterocycles. The molecule has 0 unspecified atom stereocenters. The Morgan fingerprint density at radius 2 is 1.88 bits per heavy atom. The minimum absolute atomic E-state index is 0.177. The normalized spacial score (nSPS) is 15.8. The molecular formula is C24H32N6O2S. The van der Waals surface area contributed by atoms with Crippen LogP contribution >= 0.6 is 11.8 Å². The summed E-state index contributed by atoms with van der Waals surface area (Å²) in [5.41, 5.74) is 11.3. The lowest BCUT2D eigenvalue weighted by molar-refractivity contribution is -0.140. The van der Waals surface area contributed by atoms with E-state index in [1.54, 1.807) is 16.7 Å². The Kier molecular flexibility index (Phi) is 6.90. The number of benzene rings is 1. The summed E-state index contributed by atoms with van der Waals surface area (Å²) in [5, 5.41) is 10.4. The van der Waals surface area contributed by atoms with Gasteiger partial charge in [-0.15, -0.1) is 0 Å². The van der Waals surface area contributed by atoms with E-state index in [0.29, 0.717) is 30.3 Å². The van der Waals surface area contributed by atoms with Crippen LogP contribution in [-0.2, 0) is 11.3 Å². The highest BCUT2D eigenvalue weighted by molar-refractivity contribution is 7.99. The Morgan fingerprint density at radius 1 is 1.18 bits per heavy atom. The molecule has 3 heterocycles. The fraction of sp³-hybridized carbons (Fsp3) is 0.500. The van der Waals surface area contributed by atoms with E-state index in [0.717, 1.165) is 36.6 Å². The first kappa shape index (κ1) is 23.5. The number of aliphatic hydroxyl groups is 1. The molecule has 1 aliphatic rings. The number of rotatable bonds is 6. The van der Waals surface area contributed by atoms with Crippen molar-refractivity contribution in [1.29, 1.82) is 0 Å². The van der Waals surface area contributed by atoms with Crippen molar-refractivity contribution in [3.63, 3.8) is 0 Å². The third-order valence-electron chi connectivity index (χ3n) is 6.56. The number of imidazole rings is 1. The lowest BCUT2D eigenvalue weighted by Crippen LogP contribution is -2.43. The van der Waals surface area contributed by atoms with Crippen LogP contribution in [0.3, 0.4) is 0 Å². The molecule has 0 radical (unpaired) electrons. The summed E-state index contributed by atoms with van der Waals surface area (Å²) in [7, 11) is 0. The number of aryl methyl sites for hydroxylation is 4. The van der Waals surface area contributed by atoms with E-state index in [-0.39, 0.29) is 5.91 Å². The molecule has 0 spiro atoms. The zero-order valence-corrected chi connectivity index (χ0v) is 20.5. The number of amides is 1. The third kappa shape index (κ3) is 4.99. The SMILES string of the molecule is Cc1cc(C)c(Sc2nc3c(N)ncnc3n2CCC2CCN(C(=O)[C@H](C)O)CC2)cc1C. The van der Waals surface area contributed by atoms with Crippen molar-refractivity contribution in [2.75, 3.05) is 18.8 Å². The van der Waals surface area contributed by atoms with Crippen LogP contribution in [-0.4, -0.2) is 54.6 Å². The highest BCUT2D eigenvalue weighted by atomic mass is 32.2. The molecule has 0 aliphatic carbocycles. The number of carbonyl (C=O) groups is 1. The summed E-state index contributed by atoms with van der Waals surface area (Å²) in [6, 6.07) is 4.42. The molecule has 9 heteroatoms. The quantitative estimate of drug-likeness (QED) is 0.570. The van der Waals surface area contributed by atoms with Crippen LogP contribution in [0.1, 0.15) is 42.9 Å². The lowest BCUT2D eigenvalue weighted by atomic mass is 9.93. The zero-order chi connectivity index (χ0) is 23.7. The molecule has 3 aromatic rings. The van der Waals surface area contributed by atoms with E-state index >= 15 is 0 Å². The van der Waals surface area contributed by atoms with Gasteiger partial charge in [0.2, 0.25) is 0 Å². The number of likely N-dealkylation sites (tertiary alicyclic amines) is 1. The summed E-state index contributed by atoms with van der Waals surface area (Å²) in [5.74, 6) is 0.715. The van der Waals surface area contributed by atoms with E-state index in [9.17, 15) is 9.90 Å². The number of carbonyl (C=O) groups excluding carboxylic acids is 1. The molecule has 8 nitrogen and oxygen atoms in total. The average molecular weight is 469 g/mol. The van der Waals surface area contributed by atoms with Gasteiger partial charge in [0.25, 0.3) is 5.91 Å². The van der Waals surface area contributed by atoms with Gasteiger partial charge in [0.1, 0.15) is 12.4 Å². The topological polar surface area (TPSA) is 110 Å². The van der Waals surface area contributed by atoms with Crippen molar-refractivity contribution in [2.24, 2.45) is 5.92 Å². The molecule has 4 rings (SSSR count). The molecule has 176 valence electrons. The minimum Gasteiger partial charge on any atom is -0.384 e. The third-order valence-corrected chi connectivity index (χ3v) is 7.72. The molecule has 3 N–H and O–H groups in total. The molecular weight excluding hydrogens is 436 g/mol. The Hall–Kier alpha value is -2.65. The molecule has 1 fully saturated rings. The Labute approximate surface area is 198 Å². The largest absolute Gasteiger partial charge is 0.384 e. The number of hydrogen-bond acceptors (Lipinski definition) is 7. The summed E-state index contributed by atoms with van der Waals surface area (Å²) in [6.07, 6.45) is 3.39. The number of anilines is 1. The molecule has 0 saturated carbocycles. The fourth-order valence-electron chi connectivity index (χ4n) is 4.37. The van der Waals surface area contributed by atoms with Crippen molar-refractivity contribution in [3.8, 4) is 0 Å². The zero-order valence-electron chi connectivity index (χ0n) is 19.7. The number of nitrogens with zero attached hydrogens (tertiary/aromatic N) is 5. The van der Waals surface area contributed by atoms with Crippen LogP contribution in [0.5, 0.6) is 0 Å². The Bertz CT molecular complexity index is 1170. The van der Waals surface area contributed by atoms with Gasteiger partial charge in [0.15, 0.2) is 22.1 Å². The van der Waals surface area contributed by atoms with E-state index in [2.05, 4.69) is 47.4 Å². The van der Waals surface area contributed by atoms with Gasteiger partial charge < -0.3 is 20.3 Å². The van der Waals surface area contributed by atoms with Gasteiger partial charge in [-0.1, -0.05) is 17.8 Å². The van der Waals surface area contributed by atoms with E-state index in [4.69, 9.17) is 10.7 Å². The summed E-state index contributed by atoms with van der Waals surface area (Å²) < 4.78 is 2.15. The number of nitrogens with two attached hydrogens (primary N) is 1. The lowest BCUT2D eigenvalue weighted by Gasteiger charge is -2.32. The molecule has 1 amide bonds. The maximum Gasteiger partial charge on any atom is 0.251 e. The second-order valence-electron chi connectivity index (χ2n) is 9.01. The smallest absolute Gasteiger partial charge is 0.251 e. The summed E-state index contributed by atoms with van der Waals surface area (Å²) >= 11 is 1.64. The van der Waals surface area contributed by atoms with Crippen molar-refractivity contribution in [2.45, 2.75) is 69.7 Å². The molecule has 2 aromatic heterocycles. The minimum atomic E-state index is -0.933. The van der Waals surface area contributed by atoms with Gasteiger partial charge >= 0.3 is 0 Å². The van der Waals surface area contributed by atoms with Crippen LogP contribution in [0.2, 0.25) is 0 Å². The fourth-order valence-corrected chi connectivity index (χ4v) is 5.45. The number of aromatic nitrogens is 4. The Morgan fingerprint density at radius 3 is 2.58 bits per heavy atom. The summed E-state index contributed by atoms with van der Waals surface area (Å²) in [4.78, 5) is 28.4. The second-order valence-corrected chi connectivity index (χ2v) is 10.0. The van der Waals surface area contributed by atoms with Crippen LogP contribution in [0, 0.1) is 26.7 Å². The average Bonchev–Trinajstić information content (AvgIpc) is 3.14. The van der Waals surface area contributed by atoms with Crippen LogP contribution < -0.4 is 5.73 Å². The van der Waals surface area contributed by atoms with Crippen LogP contribution in [0.4, 0.5) is 5.82 Å². The van der Waals surface area contributed by atoms with Gasteiger partial charge in [0, 0.05) is 24.5 Å². The van der Waals surface area contributed by atoms with E-state index in [1.807, 2.05) is 0 Å². The first-order chi connectivity index (χ1) is 15.7. The van der Waals surface area contributed by atoms with Crippen LogP contribution in [0.25, 0.3) is 11.2 Å². The Balaban J connectivity index is 1.54. The predicted octanol–water partition coefficient (Wildman–Crippen LogP) is 3.49. The van der Waals surface area contributed by atoms with Crippen LogP contribution in [0.15, 0.2) is 28.5 Å². The standard InChI is InChI=1S/C24H32N6O2S/c1-14-11-16(3)19(12-15(14)2)33-24-28-20-21(25)26-13-27-22(20)30(24)10-7-18-5-8-29(9-6-18)23(32)17(4)31/h11-13,17-18,31H,5-10H2,1-4H3,(H2,25,26,27)/t17-/m0/s1. The van der Waals surface area contributed by atoms with Gasteiger partial charge in [-0.2, -0.15) is 0 Å². The highest BCUT2D eigenvalue weighted by Crippen LogP contribution is 2.35. The molecule has 33 heavy (non-hydrogen) atoms. The number of piperidine rings is 1. The molecule has 0 bridgehead atoms. The van der Waals surface area contributed by atoms with Crippen molar-refractivity contribution in [1.82, 2.24) is 24.4 Å². The maximum atomic E-state index is 12.1. The van der Waals surface area contributed by atoms with E-state index < -0.39 is 6.10 Å². The van der Waals surface area contributed by atoms with Crippen molar-refractivity contribution >= 4 is 34.7 Å². The molecule has 1 atom stereocenters. The number of hydrogen-bond donors (Lipinski definition) is 2. The summed E-state index contributed by atoms with van der Waals surface area (Å²) in [6.45, 7) is 10.1. The predicted molar refractivity (Wildman–Crippen MR) is 130 cm³/mol. The van der Waals surface area contributed by atoms with Gasteiger partial charge in [-0.05, 0) is 75.6 Å². The number of aliphatic hydroxyl groups excluding tert-OH is 1. The molecule has 1 aromatic carbocycles. The van der Waals surface area contributed by atoms with Crippen molar-refractivity contribution < 1.29 is 9.90 Å². The monoisotopic (exact) mass is 468 g/mol. The van der Waals surface area contributed by atoms with Gasteiger partial charge in [0.05, 0.1) is 0 Å². The molecule has 1 aliphatic heterocycles. The number of nitrogen functional groups attached to an aromatic ring is 1. The maximum absolute atomic E-state index is 12.1. The first-order valence-electron chi connectivity index (χ1n) is 11.4. The number of fused-ring (bicyclic) bond motifs is 1. The van der Waals surface area contributed by atoms with Gasteiger partial charge in [-0.3, -0.25) is 4.79 Å². The van der Waals surface area contributed by atoms with Crippen molar-refractivity contribution in [3.05, 3.63) is 35.2 Å². The van der Waals surface area contributed by atoms with E-state index in [1.165, 1.54) is 34.8 Å². The van der Waals surface area contributed by atoms with Gasteiger partial charge in [-0.25, -0.2) is 15.0 Å². The highest BCUT2D eigenvalue weighted by Gasteiger charge is 2.25. The first-order valence-corrected chi connectivity index (χ1v) is 12.3.